The van der Waals surface area contributed by atoms with Crippen LogP contribution in [0.3, 0.4) is 0 Å². The molecule has 1 saturated heterocycles. The van der Waals surface area contributed by atoms with Gasteiger partial charge in [0.05, 0.1) is 5.56 Å². The third-order valence-electron chi connectivity index (χ3n) is 3.84. The molecule has 5 nitrogen and oxygen atoms in total. The number of halogens is 1. The molecule has 2 rings (SSSR count). The maximum atomic E-state index is 12.2. The molecule has 0 aliphatic carbocycles. The van der Waals surface area contributed by atoms with E-state index < -0.39 is 0 Å². The number of nitrogens with zero attached hydrogens (tertiary/aromatic N) is 1. The van der Waals surface area contributed by atoms with E-state index in [-0.39, 0.29) is 35.1 Å². The number of aromatic hydroxyl groups is 1. The molecule has 1 aliphatic heterocycles. The van der Waals surface area contributed by atoms with Crippen molar-refractivity contribution in [2.75, 3.05) is 13.1 Å². The van der Waals surface area contributed by atoms with Gasteiger partial charge in [0.1, 0.15) is 5.75 Å². The lowest BCUT2D eigenvalue weighted by Gasteiger charge is -2.33. The smallest absolute Gasteiger partial charge is 0.255 e. The molecule has 0 radical (unpaired) electrons. The molecule has 2 N–H and O–H groups in total. The zero-order valence-corrected chi connectivity index (χ0v) is 13.6. The van der Waals surface area contributed by atoms with Gasteiger partial charge >= 0.3 is 0 Å². The first kappa shape index (κ1) is 16.6. The molecule has 0 unspecified atom stereocenters. The van der Waals surface area contributed by atoms with Gasteiger partial charge in [-0.25, -0.2) is 0 Å². The van der Waals surface area contributed by atoms with Crippen LogP contribution in [0.2, 0.25) is 5.02 Å². The maximum Gasteiger partial charge on any atom is 0.255 e. The van der Waals surface area contributed by atoms with Crippen molar-refractivity contribution in [1.29, 1.82) is 0 Å². The Morgan fingerprint density at radius 3 is 2.55 bits per heavy atom. The summed E-state index contributed by atoms with van der Waals surface area (Å²) in [5.74, 6) is -0.283. The van der Waals surface area contributed by atoms with Gasteiger partial charge in [0, 0.05) is 30.1 Å². The highest BCUT2D eigenvalue weighted by Gasteiger charge is 2.25. The number of phenols is 1. The van der Waals surface area contributed by atoms with E-state index in [9.17, 15) is 14.7 Å². The Labute approximate surface area is 135 Å². The molecule has 2 amide bonds. The van der Waals surface area contributed by atoms with E-state index in [1.54, 1.807) is 0 Å². The zero-order chi connectivity index (χ0) is 16.3. The summed E-state index contributed by atoms with van der Waals surface area (Å²) in [5, 5.41) is 13.0. The monoisotopic (exact) mass is 324 g/mol. The lowest BCUT2D eigenvalue weighted by molar-refractivity contribution is -0.135. The summed E-state index contributed by atoms with van der Waals surface area (Å²) in [6.07, 6.45) is 1.43. The third kappa shape index (κ3) is 3.91. The lowest BCUT2D eigenvalue weighted by Crippen LogP contribution is -2.47. The summed E-state index contributed by atoms with van der Waals surface area (Å²) >= 11 is 5.85. The van der Waals surface area contributed by atoms with Crippen LogP contribution in [0.5, 0.6) is 5.75 Å². The molecular weight excluding hydrogens is 304 g/mol. The fraction of sp³-hybridized carbons (Fsp3) is 0.500. The number of piperidine rings is 1. The molecule has 1 aromatic carbocycles. The minimum atomic E-state index is -0.339. The highest BCUT2D eigenvalue weighted by Crippen LogP contribution is 2.22. The van der Waals surface area contributed by atoms with Gasteiger partial charge in [-0.3, -0.25) is 9.59 Å². The predicted molar refractivity (Wildman–Crippen MR) is 85.0 cm³/mol. The average molecular weight is 325 g/mol. The van der Waals surface area contributed by atoms with Gasteiger partial charge in [-0.05, 0) is 31.0 Å². The Hall–Kier alpha value is -1.75. The second-order valence-corrected chi connectivity index (χ2v) is 6.33. The van der Waals surface area contributed by atoms with E-state index >= 15 is 0 Å². The van der Waals surface area contributed by atoms with E-state index in [4.69, 9.17) is 11.6 Å². The molecule has 1 aliphatic rings. The van der Waals surface area contributed by atoms with Crippen molar-refractivity contribution >= 4 is 23.4 Å². The van der Waals surface area contributed by atoms with Crippen LogP contribution in [-0.4, -0.2) is 41.0 Å². The second-order valence-electron chi connectivity index (χ2n) is 5.89. The van der Waals surface area contributed by atoms with Crippen LogP contribution in [0.15, 0.2) is 18.2 Å². The van der Waals surface area contributed by atoms with E-state index in [2.05, 4.69) is 5.32 Å². The van der Waals surface area contributed by atoms with Gasteiger partial charge in [-0.15, -0.1) is 0 Å². The number of hydrogen-bond acceptors (Lipinski definition) is 3. The summed E-state index contributed by atoms with van der Waals surface area (Å²) in [5.41, 5.74) is 0.174. The standard InChI is InChI=1S/C16H21ClN2O3/c1-10(2)16(22)19-7-5-12(6-8-19)18-15(21)13-9-11(17)3-4-14(13)20/h3-4,9-10,12,20H,5-8H2,1-2H3,(H,18,21). The van der Waals surface area contributed by atoms with E-state index in [1.807, 2.05) is 18.7 Å². The van der Waals surface area contributed by atoms with E-state index in [0.29, 0.717) is 31.0 Å². The van der Waals surface area contributed by atoms with Crippen molar-refractivity contribution in [3.05, 3.63) is 28.8 Å². The Bertz CT molecular complexity index is 567. The third-order valence-corrected chi connectivity index (χ3v) is 4.07. The van der Waals surface area contributed by atoms with Crippen LogP contribution in [0.25, 0.3) is 0 Å². The van der Waals surface area contributed by atoms with Crippen LogP contribution in [-0.2, 0) is 4.79 Å². The largest absolute Gasteiger partial charge is 0.507 e. The molecule has 0 spiro atoms. The number of carbonyl (C=O) groups excluding carboxylic acids is 2. The fourth-order valence-electron chi connectivity index (χ4n) is 2.56. The van der Waals surface area contributed by atoms with E-state index in [1.165, 1.54) is 18.2 Å². The topological polar surface area (TPSA) is 69.6 Å². The second kappa shape index (κ2) is 7.01. The number of likely N-dealkylation sites (tertiary alicyclic amines) is 1. The van der Waals surface area contributed by atoms with Gasteiger partial charge in [-0.2, -0.15) is 0 Å². The zero-order valence-electron chi connectivity index (χ0n) is 12.8. The summed E-state index contributed by atoms with van der Waals surface area (Å²) in [7, 11) is 0. The van der Waals surface area contributed by atoms with Crippen LogP contribution in [0, 0.1) is 5.92 Å². The number of carbonyl (C=O) groups is 2. The number of benzene rings is 1. The summed E-state index contributed by atoms with van der Waals surface area (Å²) < 4.78 is 0. The van der Waals surface area contributed by atoms with Crippen LogP contribution in [0.1, 0.15) is 37.0 Å². The normalized spacial score (nSPS) is 15.9. The van der Waals surface area contributed by atoms with Gasteiger partial charge in [0.25, 0.3) is 5.91 Å². The quantitative estimate of drug-likeness (QED) is 0.897. The van der Waals surface area contributed by atoms with Crippen molar-refractivity contribution < 1.29 is 14.7 Å². The molecule has 0 saturated carbocycles. The minimum absolute atomic E-state index is 0.00194. The minimum Gasteiger partial charge on any atom is -0.507 e. The van der Waals surface area contributed by atoms with Crippen LogP contribution >= 0.6 is 11.6 Å². The Morgan fingerprint density at radius 2 is 1.95 bits per heavy atom. The first-order chi connectivity index (χ1) is 10.4. The lowest BCUT2D eigenvalue weighted by atomic mass is 10.0. The molecule has 6 heteroatoms. The molecule has 0 bridgehead atoms. The molecule has 120 valence electrons. The highest BCUT2D eigenvalue weighted by atomic mass is 35.5. The number of nitrogens with one attached hydrogen (secondary N) is 1. The molecule has 0 aromatic heterocycles. The van der Waals surface area contributed by atoms with Crippen molar-refractivity contribution in [2.24, 2.45) is 5.92 Å². The molecule has 0 atom stereocenters. The molecule has 1 aromatic rings. The van der Waals surface area contributed by atoms with Gasteiger partial charge in [-0.1, -0.05) is 25.4 Å². The summed E-state index contributed by atoms with van der Waals surface area (Å²) in [6, 6.07) is 4.39. The van der Waals surface area contributed by atoms with Crippen molar-refractivity contribution in [3.63, 3.8) is 0 Å². The number of rotatable bonds is 3. The highest BCUT2D eigenvalue weighted by molar-refractivity contribution is 6.31. The van der Waals surface area contributed by atoms with Crippen molar-refractivity contribution in [3.8, 4) is 5.75 Å². The predicted octanol–water partition coefficient (Wildman–Crippen LogP) is 2.42. The number of hydrogen-bond donors (Lipinski definition) is 2. The van der Waals surface area contributed by atoms with Gasteiger partial charge < -0.3 is 15.3 Å². The average Bonchev–Trinajstić information content (AvgIpc) is 2.49. The van der Waals surface area contributed by atoms with Crippen molar-refractivity contribution in [2.45, 2.75) is 32.7 Å². The fourth-order valence-corrected chi connectivity index (χ4v) is 2.73. The maximum absolute atomic E-state index is 12.2. The Balaban J connectivity index is 1.92. The summed E-state index contributed by atoms with van der Waals surface area (Å²) in [4.78, 5) is 26.0. The first-order valence-corrected chi connectivity index (χ1v) is 7.84. The molecule has 22 heavy (non-hydrogen) atoms. The van der Waals surface area contributed by atoms with Gasteiger partial charge in [0.2, 0.25) is 5.91 Å². The Morgan fingerprint density at radius 1 is 1.32 bits per heavy atom. The Kier molecular flexibility index (Phi) is 5.29. The number of amides is 2. The van der Waals surface area contributed by atoms with E-state index in [0.717, 1.165) is 0 Å². The molecular formula is C16H21ClN2O3. The van der Waals surface area contributed by atoms with Crippen LogP contribution in [0.4, 0.5) is 0 Å². The molecule has 1 fully saturated rings. The SMILES string of the molecule is CC(C)C(=O)N1CCC(NC(=O)c2cc(Cl)ccc2O)CC1. The van der Waals surface area contributed by atoms with Crippen LogP contribution < -0.4 is 5.32 Å². The molecule has 1 heterocycles. The first-order valence-electron chi connectivity index (χ1n) is 7.46. The summed E-state index contributed by atoms with van der Waals surface area (Å²) in [6.45, 7) is 5.06. The number of phenolic OH excluding ortho intramolecular Hbond substituents is 1. The van der Waals surface area contributed by atoms with Crippen molar-refractivity contribution in [1.82, 2.24) is 10.2 Å². The van der Waals surface area contributed by atoms with Gasteiger partial charge in [0.15, 0.2) is 0 Å².